The molecule has 2 heterocycles. The van der Waals surface area contributed by atoms with Crippen LogP contribution in [0.4, 0.5) is 0 Å². The van der Waals surface area contributed by atoms with Gasteiger partial charge in [0.25, 0.3) is 0 Å². The molecule has 0 aromatic carbocycles. The molecule has 0 spiro atoms. The highest BCUT2D eigenvalue weighted by molar-refractivity contribution is 5.94. The van der Waals surface area contributed by atoms with Gasteiger partial charge in [-0.2, -0.15) is 5.10 Å². The third kappa shape index (κ3) is 6.22. The first kappa shape index (κ1) is 35.5. The molecule has 1 aromatic heterocycles. The molecule has 252 valence electrons. The van der Waals surface area contributed by atoms with Crippen molar-refractivity contribution in [2.24, 2.45) is 40.2 Å². The number of fused-ring (bicyclic) bond motifs is 1. The fourth-order valence-electron chi connectivity index (χ4n) is 8.09. The third-order valence-electron chi connectivity index (χ3n) is 11.6. The summed E-state index contributed by atoms with van der Waals surface area (Å²) in [6, 6.07) is 0. The Morgan fingerprint density at radius 3 is 2.44 bits per heavy atom. The number of esters is 1. The minimum Gasteiger partial charge on any atom is -0.456 e. The number of Topliss-reactive ketones (excluding diaryl/α,β-unsaturated/α-hetero) is 1. The second kappa shape index (κ2) is 13.4. The number of aryl methyl sites for hydroxylation is 1. The van der Waals surface area contributed by atoms with Crippen molar-refractivity contribution < 1.29 is 29.3 Å². The summed E-state index contributed by atoms with van der Waals surface area (Å²) in [7, 11) is 0. The first-order valence-electron chi connectivity index (χ1n) is 16.9. The molecule has 4 rings (SSSR count). The molecule has 3 aliphatic rings. The van der Waals surface area contributed by atoms with Gasteiger partial charge in [-0.25, -0.2) is 4.79 Å². The standard InChI is InChI=1S/C36H57N3O6/c1-10-22(3)35-18-21(2)17-29(45-33(43)30-24(5)38-39(25(30)6)19-26-13-15-44-16-14-26)36(35,37)31(41)27(20-40)11-12-28(32(35)42)23(4)34(7,8)9/h11,18,22-23,26,28-29,31,40-41H,10,12-17,19-20,37H2,1-9H3/b27-11-/t22-,23?,28?,29?,31?,35?,36?/m1/s1. The molecule has 1 saturated heterocycles. The molecule has 7 atom stereocenters. The average molecular weight is 628 g/mol. The number of rotatable bonds is 8. The van der Waals surface area contributed by atoms with Gasteiger partial charge in [0.1, 0.15) is 29.1 Å². The van der Waals surface area contributed by atoms with Gasteiger partial charge in [0, 0.05) is 32.1 Å². The number of nitrogens with zero attached hydrogens (tertiary/aromatic N) is 2. The van der Waals surface area contributed by atoms with E-state index in [2.05, 4.69) is 27.7 Å². The zero-order valence-corrected chi connectivity index (χ0v) is 29.0. The normalized spacial score (nSPS) is 32.4. The molecule has 1 fully saturated rings. The molecule has 0 bridgehead atoms. The number of carbonyl (C=O) groups excluding carboxylic acids is 2. The highest BCUT2D eigenvalue weighted by atomic mass is 16.5. The SMILES string of the molecule is CC[C@@H](C)C12C=C(C)CC(OC(=O)c3c(C)nn(CC4CCOCC4)c3C)C1(N)C(O)/C(CO)=C\CC(C(C)C(C)(C)C)C2=O. The van der Waals surface area contributed by atoms with Crippen molar-refractivity contribution in [1.29, 1.82) is 0 Å². The van der Waals surface area contributed by atoms with Crippen molar-refractivity contribution in [3.63, 3.8) is 0 Å². The second-order valence-corrected chi connectivity index (χ2v) is 15.2. The number of carbonyl (C=O) groups is 2. The van der Waals surface area contributed by atoms with E-state index in [0.717, 1.165) is 37.3 Å². The van der Waals surface area contributed by atoms with Crippen LogP contribution in [0.5, 0.6) is 0 Å². The molecule has 1 aromatic rings. The predicted octanol–water partition coefficient (Wildman–Crippen LogP) is 5.08. The summed E-state index contributed by atoms with van der Waals surface area (Å²) in [5.41, 5.74) is 7.14. The van der Waals surface area contributed by atoms with Gasteiger partial charge in [-0.05, 0) is 68.8 Å². The van der Waals surface area contributed by atoms with Crippen LogP contribution in [0.25, 0.3) is 0 Å². The largest absolute Gasteiger partial charge is 0.456 e. The smallest absolute Gasteiger partial charge is 0.342 e. The van der Waals surface area contributed by atoms with Gasteiger partial charge in [-0.1, -0.05) is 65.7 Å². The Kier molecular flexibility index (Phi) is 10.6. The topological polar surface area (TPSA) is 137 Å². The number of hydrogen-bond donors (Lipinski definition) is 3. The summed E-state index contributed by atoms with van der Waals surface area (Å²) in [4.78, 5) is 29.3. The molecule has 0 amide bonds. The van der Waals surface area contributed by atoms with Crippen molar-refractivity contribution in [2.45, 2.75) is 119 Å². The van der Waals surface area contributed by atoms with E-state index in [1.807, 2.05) is 38.5 Å². The zero-order valence-electron chi connectivity index (χ0n) is 29.0. The Bertz CT molecular complexity index is 1320. The van der Waals surface area contributed by atoms with Gasteiger partial charge < -0.3 is 25.4 Å². The summed E-state index contributed by atoms with van der Waals surface area (Å²) in [6.45, 7) is 19.8. The van der Waals surface area contributed by atoms with E-state index < -0.39 is 41.7 Å². The zero-order chi connectivity index (χ0) is 33.5. The maximum absolute atomic E-state index is 15.1. The molecule has 45 heavy (non-hydrogen) atoms. The van der Waals surface area contributed by atoms with E-state index in [4.69, 9.17) is 20.3 Å². The monoisotopic (exact) mass is 627 g/mol. The Morgan fingerprint density at radius 2 is 1.87 bits per heavy atom. The van der Waals surface area contributed by atoms with Crippen LogP contribution >= 0.6 is 0 Å². The lowest BCUT2D eigenvalue weighted by molar-refractivity contribution is -0.155. The Hall–Kier alpha value is -2.33. The van der Waals surface area contributed by atoms with Gasteiger partial charge in [-0.15, -0.1) is 0 Å². The second-order valence-electron chi connectivity index (χ2n) is 15.2. The molecule has 4 N–H and O–H groups in total. The molecule has 2 aliphatic carbocycles. The van der Waals surface area contributed by atoms with Crippen molar-refractivity contribution in [1.82, 2.24) is 9.78 Å². The quantitative estimate of drug-likeness (QED) is 0.268. The summed E-state index contributed by atoms with van der Waals surface area (Å²) < 4.78 is 13.8. The number of nitrogens with two attached hydrogens (primary N) is 1. The van der Waals surface area contributed by atoms with Gasteiger partial charge in [-0.3, -0.25) is 9.48 Å². The first-order valence-corrected chi connectivity index (χ1v) is 16.9. The highest BCUT2D eigenvalue weighted by Gasteiger charge is 2.67. The van der Waals surface area contributed by atoms with Crippen LogP contribution in [0, 0.1) is 48.3 Å². The van der Waals surface area contributed by atoms with Crippen molar-refractivity contribution in [3.05, 3.63) is 40.2 Å². The fourth-order valence-corrected chi connectivity index (χ4v) is 8.09. The minimum absolute atomic E-state index is 0.0230. The van der Waals surface area contributed by atoms with Gasteiger partial charge in [0.2, 0.25) is 0 Å². The molecule has 1 aliphatic heterocycles. The number of aliphatic hydroxyl groups is 2. The van der Waals surface area contributed by atoms with E-state index in [9.17, 15) is 15.0 Å². The lowest BCUT2D eigenvalue weighted by atomic mass is 9.48. The third-order valence-corrected chi connectivity index (χ3v) is 11.6. The number of allylic oxidation sites excluding steroid dienone is 1. The summed E-state index contributed by atoms with van der Waals surface area (Å²) in [5.74, 6) is -0.905. The maximum Gasteiger partial charge on any atom is 0.342 e. The molecule has 6 unspecified atom stereocenters. The molecule has 0 radical (unpaired) electrons. The Morgan fingerprint density at radius 1 is 1.22 bits per heavy atom. The van der Waals surface area contributed by atoms with E-state index >= 15 is 4.79 Å². The lowest BCUT2D eigenvalue weighted by Crippen LogP contribution is -2.76. The first-order chi connectivity index (χ1) is 21.0. The molecular formula is C36H57N3O6. The Balaban J connectivity index is 1.83. The van der Waals surface area contributed by atoms with E-state index in [-0.39, 0.29) is 29.5 Å². The predicted molar refractivity (Wildman–Crippen MR) is 175 cm³/mol. The van der Waals surface area contributed by atoms with Crippen LogP contribution in [-0.2, 0) is 20.8 Å². The van der Waals surface area contributed by atoms with Gasteiger partial charge in [0.15, 0.2) is 0 Å². The number of aromatic nitrogens is 2. The summed E-state index contributed by atoms with van der Waals surface area (Å²) >= 11 is 0. The number of ether oxygens (including phenoxy) is 2. The Labute approximate surface area is 269 Å². The maximum atomic E-state index is 15.1. The summed E-state index contributed by atoms with van der Waals surface area (Å²) in [5, 5.41) is 27.3. The van der Waals surface area contributed by atoms with Crippen LogP contribution in [-0.4, -0.2) is 69.3 Å². The van der Waals surface area contributed by atoms with Gasteiger partial charge >= 0.3 is 5.97 Å². The minimum atomic E-state index is -1.72. The van der Waals surface area contributed by atoms with Crippen molar-refractivity contribution in [3.8, 4) is 0 Å². The summed E-state index contributed by atoms with van der Waals surface area (Å²) in [6.07, 6.45) is 4.46. The fraction of sp³-hybridized carbons (Fsp3) is 0.750. The van der Waals surface area contributed by atoms with Crippen LogP contribution in [0.3, 0.4) is 0 Å². The average Bonchev–Trinajstić information content (AvgIpc) is 3.27. The number of ketones is 1. The van der Waals surface area contributed by atoms with Crippen LogP contribution in [0.1, 0.15) is 102 Å². The van der Waals surface area contributed by atoms with Gasteiger partial charge in [0.05, 0.1) is 23.4 Å². The van der Waals surface area contributed by atoms with Crippen LogP contribution in [0.15, 0.2) is 23.3 Å². The van der Waals surface area contributed by atoms with E-state index in [1.165, 1.54) is 0 Å². The van der Waals surface area contributed by atoms with E-state index in [0.29, 0.717) is 42.1 Å². The van der Waals surface area contributed by atoms with Crippen molar-refractivity contribution in [2.75, 3.05) is 19.8 Å². The van der Waals surface area contributed by atoms with Crippen molar-refractivity contribution >= 4 is 11.8 Å². The molecular weight excluding hydrogens is 570 g/mol. The van der Waals surface area contributed by atoms with E-state index in [1.54, 1.807) is 13.0 Å². The molecule has 0 saturated carbocycles. The number of aliphatic hydroxyl groups excluding tert-OH is 2. The molecule has 9 nitrogen and oxygen atoms in total. The number of hydrogen-bond acceptors (Lipinski definition) is 8. The molecule has 9 heteroatoms. The van der Waals surface area contributed by atoms with Crippen LogP contribution in [0.2, 0.25) is 0 Å². The van der Waals surface area contributed by atoms with Crippen LogP contribution < -0.4 is 5.73 Å². The highest BCUT2D eigenvalue weighted by Crippen LogP contribution is 2.55. The lowest BCUT2D eigenvalue weighted by Gasteiger charge is -2.59.